The monoisotopic (exact) mass is 411 g/mol. The summed E-state index contributed by atoms with van der Waals surface area (Å²) in [5.74, 6) is 0. The Morgan fingerprint density at radius 3 is 2.69 bits per heavy atom. The van der Waals surface area contributed by atoms with E-state index in [0.29, 0.717) is 0 Å². The molecular formula is C9H4Br2IN. The Morgan fingerprint density at radius 1 is 1.15 bits per heavy atom. The van der Waals surface area contributed by atoms with Gasteiger partial charge in [-0.3, -0.25) is 0 Å². The number of halogens is 3. The average molecular weight is 413 g/mol. The molecule has 66 valence electrons. The molecule has 0 unspecified atom stereocenters. The third-order valence-electron chi connectivity index (χ3n) is 1.68. The molecule has 0 aliphatic rings. The van der Waals surface area contributed by atoms with Crippen molar-refractivity contribution in [2.24, 2.45) is 0 Å². The van der Waals surface area contributed by atoms with Crippen LogP contribution in [0.5, 0.6) is 0 Å². The molecule has 1 nitrogen and oxygen atoms in total. The normalized spacial score (nSPS) is 10.7. The van der Waals surface area contributed by atoms with Gasteiger partial charge in [-0.15, -0.1) is 0 Å². The predicted octanol–water partition coefficient (Wildman–Crippen LogP) is 4.36. The molecule has 0 amide bonds. The van der Waals surface area contributed by atoms with E-state index in [1.165, 1.54) is 3.57 Å². The SMILES string of the molecule is Brc1ccc2cc(I)cc(Br)c2n1. The van der Waals surface area contributed by atoms with Gasteiger partial charge in [0.2, 0.25) is 0 Å². The van der Waals surface area contributed by atoms with E-state index in [2.05, 4.69) is 77.6 Å². The van der Waals surface area contributed by atoms with Crippen LogP contribution in [0.2, 0.25) is 0 Å². The largest absolute Gasteiger partial charge is 0.240 e. The van der Waals surface area contributed by atoms with Crippen LogP contribution in [0.15, 0.2) is 33.3 Å². The molecule has 0 atom stereocenters. The van der Waals surface area contributed by atoms with E-state index in [0.717, 1.165) is 20.0 Å². The van der Waals surface area contributed by atoms with Crippen LogP contribution in [-0.4, -0.2) is 4.98 Å². The van der Waals surface area contributed by atoms with Crippen molar-refractivity contribution in [2.45, 2.75) is 0 Å². The van der Waals surface area contributed by atoms with Crippen molar-refractivity contribution in [3.8, 4) is 0 Å². The lowest BCUT2D eigenvalue weighted by molar-refractivity contribution is 1.34. The van der Waals surface area contributed by atoms with Gasteiger partial charge in [-0.25, -0.2) is 4.98 Å². The van der Waals surface area contributed by atoms with Crippen molar-refractivity contribution in [2.75, 3.05) is 0 Å². The van der Waals surface area contributed by atoms with Gasteiger partial charge in [-0.2, -0.15) is 0 Å². The number of hydrogen-bond donors (Lipinski definition) is 0. The highest BCUT2D eigenvalue weighted by Gasteiger charge is 2.02. The fourth-order valence-corrected chi connectivity index (χ4v) is 3.08. The number of fused-ring (bicyclic) bond motifs is 1. The lowest BCUT2D eigenvalue weighted by Crippen LogP contribution is -1.82. The van der Waals surface area contributed by atoms with E-state index in [1.54, 1.807) is 0 Å². The molecule has 0 spiro atoms. The lowest BCUT2D eigenvalue weighted by atomic mass is 10.2. The highest BCUT2D eigenvalue weighted by atomic mass is 127. The number of benzene rings is 1. The first-order chi connectivity index (χ1) is 6.16. The molecule has 0 saturated heterocycles. The van der Waals surface area contributed by atoms with Crippen LogP contribution in [0.25, 0.3) is 10.9 Å². The molecule has 0 aliphatic carbocycles. The molecule has 2 rings (SSSR count). The van der Waals surface area contributed by atoms with Crippen LogP contribution in [-0.2, 0) is 0 Å². The molecule has 0 aliphatic heterocycles. The smallest absolute Gasteiger partial charge is 0.106 e. The highest BCUT2D eigenvalue weighted by Crippen LogP contribution is 2.26. The molecule has 13 heavy (non-hydrogen) atoms. The predicted molar refractivity (Wildman–Crippen MR) is 69.9 cm³/mol. The van der Waals surface area contributed by atoms with Gasteiger partial charge < -0.3 is 0 Å². The van der Waals surface area contributed by atoms with E-state index < -0.39 is 0 Å². The van der Waals surface area contributed by atoms with Gasteiger partial charge in [-0.05, 0) is 72.6 Å². The number of aromatic nitrogens is 1. The van der Waals surface area contributed by atoms with Crippen molar-refractivity contribution in [1.82, 2.24) is 4.98 Å². The summed E-state index contributed by atoms with van der Waals surface area (Å²) in [6.07, 6.45) is 0. The zero-order chi connectivity index (χ0) is 9.42. The maximum atomic E-state index is 4.38. The summed E-state index contributed by atoms with van der Waals surface area (Å²) >= 11 is 9.14. The van der Waals surface area contributed by atoms with E-state index >= 15 is 0 Å². The molecule has 0 bridgehead atoms. The van der Waals surface area contributed by atoms with E-state index in [1.807, 2.05) is 6.07 Å². The molecule has 1 aromatic heterocycles. The third-order valence-corrected chi connectivity index (χ3v) is 3.35. The van der Waals surface area contributed by atoms with Gasteiger partial charge in [0.1, 0.15) is 4.60 Å². The maximum absolute atomic E-state index is 4.38. The zero-order valence-corrected chi connectivity index (χ0v) is 11.7. The summed E-state index contributed by atoms with van der Waals surface area (Å²) in [5.41, 5.74) is 0.995. The fourth-order valence-electron chi connectivity index (χ4n) is 1.13. The Bertz CT molecular complexity index is 470. The molecule has 0 N–H and O–H groups in total. The summed E-state index contributed by atoms with van der Waals surface area (Å²) in [7, 11) is 0. The van der Waals surface area contributed by atoms with E-state index in [-0.39, 0.29) is 0 Å². The van der Waals surface area contributed by atoms with Gasteiger partial charge in [0, 0.05) is 13.4 Å². The summed E-state index contributed by atoms with van der Waals surface area (Å²) in [4.78, 5) is 4.38. The Balaban J connectivity index is 2.87. The summed E-state index contributed by atoms with van der Waals surface area (Å²) in [5, 5.41) is 1.15. The first-order valence-electron chi connectivity index (χ1n) is 3.58. The summed E-state index contributed by atoms with van der Waals surface area (Å²) in [6, 6.07) is 8.17. The third kappa shape index (κ3) is 2.05. The van der Waals surface area contributed by atoms with Gasteiger partial charge in [0.25, 0.3) is 0 Å². The highest BCUT2D eigenvalue weighted by molar-refractivity contribution is 14.1. The molecule has 0 fully saturated rings. The maximum Gasteiger partial charge on any atom is 0.106 e. The minimum Gasteiger partial charge on any atom is -0.240 e. The molecule has 1 aromatic carbocycles. The first kappa shape index (κ1) is 9.86. The van der Waals surface area contributed by atoms with Crippen molar-refractivity contribution in [1.29, 1.82) is 0 Å². The quantitative estimate of drug-likeness (QED) is 0.462. The van der Waals surface area contributed by atoms with Crippen LogP contribution >= 0.6 is 54.5 Å². The van der Waals surface area contributed by atoms with Gasteiger partial charge in [-0.1, -0.05) is 6.07 Å². The van der Waals surface area contributed by atoms with Crippen LogP contribution in [0.4, 0.5) is 0 Å². The number of hydrogen-bond acceptors (Lipinski definition) is 1. The van der Waals surface area contributed by atoms with Crippen LogP contribution in [0, 0.1) is 3.57 Å². The summed E-state index contributed by atoms with van der Waals surface area (Å²) in [6.45, 7) is 0. The Hall–Kier alpha value is 0.320. The standard InChI is InChI=1S/C9H4Br2IN/c10-7-4-6(12)3-5-1-2-8(11)13-9(5)7/h1-4H. The van der Waals surface area contributed by atoms with Gasteiger partial charge in [0.15, 0.2) is 0 Å². The second-order valence-corrected chi connectivity index (χ2v) is 5.51. The topological polar surface area (TPSA) is 12.9 Å². The van der Waals surface area contributed by atoms with Crippen LogP contribution in [0.3, 0.4) is 0 Å². The molecular weight excluding hydrogens is 409 g/mol. The molecule has 4 heteroatoms. The molecule has 2 aromatic rings. The number of nitrogens with zero attached hydrogens (tertiary/aromatic N) is 1. The molecule has 0 radical (unpaired) electrons. The lowest BCUT2D eigenvalue weighted by Gasteiger charge is -2.01. The van der Waals surface area contributed by atoms with Crippen molar-refractivity contribution in [3.63, 3.8) is 0 Å². The van der Waals surface area contributed by atoms with Crippen LogP contribution in [0.1, 0.15) is 0 Å². The van der Waals surface area contributed by atoms with Gasteiger partial charge >= 0.3 is 0 Å². The first-order valence-corrected chi connectivity index (χ1v) is 6.24. The molecule has 0 saturated carbocycles. The Kier molecular flexibility index (Phi) is 2.90. The Morgan fingerprint density at radius 2 is 1.92 bits per heavy atom. The number of rotatable bonds is 0. The zero-order valence-electron chi connectivity index (χ0n) is 6.39. The van der Waals surface area contributed by atoms with Crippen molar-refractivity contribution >= 4 is 65.4 Å². The van der Waals surface area contributed by atoms with Crippen LogP contribution < -0.4 is 0 Å². The van der Waals surface area contributed by atoms with Crippen molar-refractivity contribution in [3.05, 3.63) is 36.9 Å². The second-order valence-electron chi connectivity index (χ2n) is 2.59. The van der Waals surface area contributed by atoms with Gasteiger partial charge in [0.05, 0.1) is 5.52 Å². The number of pyridine rings is 1. The Labute approximate surface area is 106 Å². The molecule has 1 heterocycles. The minimum absolute atomic E-state index is 0.863. The summed E-state index contributed by atoms with van der Waals surface area (Å²) < 4.78 is 3.11. The van der Waals surface area contributed by atoms with E-state index in [9.17, 15) is 0 Å². The second kappa shape index (κ2) is 3.82. The van der Waals surface area contributed by atoms with Crippen molar-refractivity contribution < 1.29 is 0 Å². The fraction of sp³-hybridized carbons (Fsp3) is 0. The van der Waals surface area contributed by atoms with E-state index in [4.69, 9.17) is 0 Å². The average Bonchev–Trinajstić information content (AvgIpc) is 2.06. The minimum atomic E-state index is 0.863.